The molecule has 110 valence electrons. The molecule has 2 aromatic carbocycles. The summed E-state index contributed by atoms with van der Waals surface area (Å²) in [5, 5.41) is 2.96. The lowest BCUT2D eigenvalue weighted by atomic mass is 9.98. The van der Waals surface area contributed by atoms with Gasteiger partial charge < -0.3 is 5.32 Å². The van der Waals surface area contributed by atoms with Crippen molar-refractivity contribution in [3.8, 4) is 0 Å². The molecule has 0 saturated carbocycles. The van der Waals surface area contributed by atoms with Gasteiger partial charge in [0.05, 0.1) is 0 Å². The molecular weight excluding hydrogens is 258 g/mol. The Bertz CT molecular complexity index is 560. The Morgan fingerprint density at radius 2 is 1.71 bits per heavy atom. The van der Waals surface area contributed by atoms with Crippen LogP contribution in [0.5, 0.6) is 0 Å². The van der Waals surface area contributed by atoms with E-state index in [4.69, 9.17) is 0 Å². The molecule has 1 N–H and O–H groups in total. The zero-order valence-electron chi connectivity index (χ0n) is 12.8. The molecule has 0 aromatic heterocycles. The van der Waals surface area contributed by atoms with Gasteiger partial charge in [0.25, 0.3) is 0 Å². The Kier molecular flexibility index (Phi) is 5.56. The van der Waals surface area contributed by atoms with Crippen LogP contribution in [0.15, 0.2) is 54.6 Å². The van der Waals surface area contributed by atoms with Crippen molar-refractivity contribution in [1.29, 1.82) is 0 Å². The average Bonchev–Trinajstić information content (AvgIpc) is 2.54. The van der Waals surface area contributed by atoms with E-state index in [0.29, 0.717) is 12.3 Å². The van der Waals surface area contributed by atoms with Crippen LogP contribution < -0.4 is 5.32 Å². The molecule has 0 spiro atoms. The Labute approximate surface area is 127 Å². The first-order chi connectivity index (χ1) is 10.2. The number of carbonyl (C=O) groups is 1. The van der Waals surface area contributed by atoms with Crippen molar-refractivity contribution in [2.75, 3.05) is 5.32 Å². The number of carbonyl (C=O) groups excluding carboxylic acids is 1. The molecule has 1 atom stereocenters. The van der Waals surface area contributed by atoms with Crippen molar-refractivity contribution < 1.29 is 4.79 Å². The van der Waals surface area contributed by atoms with Crippen LogP contribution in [0.3, 0.4) is 0 Å². The molecule has 1 amide bonds. The Hall–Kier alpha value is -2.09. The van der Waals surface area contributed by atoms with E-state index in [1.165, 1.54) is 11.1 Å². The molecule has 0 aliphatic rings. The van der Waals surface area contributed by atoms with Gasteiger partial charge in [0.2, 0.25) is 5.91 Å². The smallest absolute Gasteiger partial charge is 0.224 e. The van der Waals surface area contributed by atoms with Crippen LogP contribution in [0.2, 0.25) is 0 Å². The minimum absolute atomic E-state index is 0.0649. The van der Waals surface area contributed by atoms with Crippen molar-refractivity contribution in [1.82, 2.24) is 0 Å². The van der Waals surface area contributed by atoms with E-state index >= 15 is 0 Å². The Morgan fingerprint density at radius 3 is 2.33 bits per heavy atom. The summed E-state index contributed by atoms with van der Waals surface area (Å²) in [6.07, 6.45) is 2.41. The number of benzene rings is 2. The molecule has 0 aliphatic carbocycles. The molecule has 0 aliphatic heterocycles. The van der Waals surface area contributed by atoms with Gasteiger partial charge in [0.15, 0.2) is 0 Å². The first-order valence-electron chi connectivity index (χ1n) is 7.62. The number of hydrogen-bond donors (Lipinski definition) is 1. The first kappa shape index (κ1) is 15.3. The van der Waals surface area contributed by atoms with E-state index in [9.17, 15) is 4.79 Å². The molecule has 0 bridgehead atoms. The van der Waals surface area contributed by atoms with Gasteiger partial charge >= 0.3 is 0 Å². The molecule has 2 rings (SSSR count). The maximum atomic E-state index is 11.9. The van der Waals surface area contributed by atoms with Gasteiger partial charge in [-0.3, -0.25) is 4.79 Å². The standard InChI is InChI=1S/C19H23NO/c1-3-15(2)17-10-12-18(13-11-17)20-19(21)14-9-16-7-5-4-6-8-16/h4-8,10-13,15H,3,9,14H2,1-2H3,(H,20,21). The molecule has 2 aromatic rings. The molecular formula is C19H23NO. The largest absolute Gasteiger partial charge is 0.326 e. The highest BCUT2D eigenvalue weighted by Crippen LogP contribution is 2.20. The summed E-state index contributed by atoms with van der Waals surface area (Å²) < 4.78 is 0. The van der Waals surface area contributed by atoms with Crippen molar-refractivity contribution in [2.45, 2.75) is 39.0 Å². The normalized spacial score (nSPS) is 11.9. The summed E-state index contributed by atoms with van der Waals surface area (Å²) in [6.45, 7) is 4.40. The summed E-state index contributed by atoms with van der Waals surface area (Å²) >= 11 is 0. The van der Waals surface area contributed by atoms with Crippen LogP contribution in [-0.2, 0) is 11.2 Å². The number of anilines is 1. The second-order valence-corrected chi connectivity index (χ2v) is 5.47. The van der Waals surface area contributed by atoms with E-state index in [0.717, 1.165) is 18.5 Å². The molecule has 21 heavy (non-hydrogen) atoms. The summed E-state index contributed by atoms with van der Waals surface area (Å²) in [7, 11) is 0. The van der Waals surface area contributed by atoms with Crippen LogP contribution >= 0.6 is 0 Å². The van der Waals surface area contributed by atoms with Gasteiger partial charge in [-0.05, 0) is 42.0 Å². The van der Waals surface area contributed by atoms with E-state index < -0.39 is 0 Å². The molecule has 0 radical (unpaired) electrons. The number of aryl methyl sites for hydroxylation is 1. The predicted molar refractivity (Wildman–Crippen MR) is 88.5 cm³/mol. The third kappa shape index (κ3) is 4.75. The van der Waals surface area contributed by atoms with E-state index in [1.807, 2.05) is 42.5 Å². The Morgan fingerprint density at radius 1 is 1.05 bits per heavy atom. The molecule has 2 heteroatoms. The van der Waals surface area contributed by atoms with Gasteiger partial charge in [-0.15, -0.1) is 0 Å². The van der Waals surface area contributed by atoms with Crippen molar-refractivity contribution in [3.63, 3.8) is 0 Å². The van der Waals surface area contributed by atoms with Crippen LogP contribution in [0.25, 0.3) is 0 Å². The molecule has 0 fully saturated rings. The van der Waals surface area contributed by atoms with Crippen LogP contribution in [0.4, 0.5) is 5.69 Å². The minimum Gasteiger partial charge on any atom is -0.326 e. The fraction of sp³-hybridized carbons (Fsp3) is 0.316. The summed E-state index contributed by atoms with van der Waals surface area (Å²) in [6, 6.07) is 18.3. The monoisotopic (exact) mass is 281 g/mol. The van der Waals surface area contributed by atoms with E-state index in [-0.39, 0.29) is 5.91 Å². The second-order valence-electron chi connectivity index (χ2n) is 5.47. The zero-order valence-corrected chi connectivity index (χ0v) is 12.8. The van der Waals surface area contributed by atoms with Gasteiger partial charge in [0, 0.05) is 12.1 Å². The lowest BCUT2D eigenvalue weighted by Gasteiger charge is -2.10. The maximum absolute atomic E-state index is 11.9. The van der Waals surface area contributed by atoms with Gasteiger partial charge in [-0.2, -0.15) is 0 Å². The number of hydrogen-bond acceptors (Lipinski definition) is 1. The lowest BCUT2D eigenvalue weighted by Crippen LogP contribution is -2.12. The third-order valence-corrected chi connectivity index (χ3v) is 3.86. The van der Waals surface area contributed by atoms with Gasteiger partial charge in [0.1, 0.15) is 0 Å². The zero-order chi connectivity index (χ0) is 15.1. The minimum atomic E-state index is 0.0649. The SMILES string of the molecule is CCC(C)c1ccc(NC(=O)CCc2ccccc2)cc1. The van der Waals surface area contributed by atoms with Crippen molar-refractivity contribution >= 4 is 11.6 Å². The molecule has 0 heterocycles. The van der Waals surface area contributed by atoms with Crippen LogP contribution in [0.1, 0.15) is 43.7 Å². The number of nitrogens with one attached hydrogen (secondary N) is 1. The number of amides is 1. The van der Waals surface area contributed by atoms with Gasteiger partial charge in [-0.25, -0.2) is 0 Å². The number of rotatable bonds is 6. The third-order valence-electron chi connectivity index (χ3n) is 3.86. The lowest BCUT2D eigenvalue weighted by molar-refractivity contribution is -0.116. The van der Waals surface area contributed by atoms with Crippen molar-refractivity contribution in [3.05, 3.63) is 65.7 Å². The van der Waals surface area contributed by atoms with Gasteiger partial charge in [-0.1, -0.05) is 56.3 Å². The predicted octanol–water partition coefficient (Wildman–Crippen LogP) is 4.77. The summed E-state index contributed by atoms with van der Waals surface area (Å²) in [5.41, 5.74) is 3.39. The van der Waals surface area contributed by atoms with Crippen LogP contribution in [-0.4, -0.2) is 5.91 Å². The topological polar surface area (TPSA) is 29.1 Å². The fourth-order valence-corrected chi connectivity index (χ4v) is 2.26. The maximum Gasteiger partial charge on any atom is 0.224 e. The van der Waals surface area contributed by atoms with Crippen LogP contribution in [0, 0.1) is 0 Å². The average molecular weight is 281 g/mol. The summed E-state index contributed by atoms with van der Waals surface area (Å²) in [5.74, 6) is 0.628. The molecule has 2 nitrogen and oxygen atoms in total. The fourth-order valence-electron chi connectivity index (χ4n) is 2.26. The van der Waals surface area contributed by atoms with E-state index in [1.54, 1.807) is 0 Å². The molecule has 0 saturated heterocycles. The quantitative estimate of drug-likeness (QED) is 0.811. The molecule has 1 unspecified atom stereocenters. The highest BCUT2D eigenvalue weighted by molar-refractivity contribution is 5.90. The first-order valence-corrected chi connectivity index (χ1v) is 7.62. The second kappa shape index (κ2) is 7.63. The van der Waals surface area contributed by atoms with Crippen molar-refractivity contribution in [2.24, 2.45) is 0 Å². The highest BCUT2D eigenvalue weighted by atomic mass is 16.1. The summed E-state index contributed by atoms with van der Waals surface area (Å²) in [4.78, 5) is 11.9. The van der Waals surface area contributed by atoms with E-state index in [2.05, 4.69) is 31.3 Å². The Balaban J connectivity index is 1.85. The highest BCUT2D eigenvalue weighted by Gasteiger charge is 2.05.